The second-order valence-corrected chi connectivity index (χ2v) is 10.3. The first-order valence-corrected chi connectivity index (χ1v) is 13.4. The summed E-state index contributed by atoms with van der Waals surface area (Å²) in [5.41, 5.74) is 1.80. The van der Waals surface area contributed by atoms with Gasteiger partial charge in [0, 0.05) is 11.6 Å². The molecule has 0 unspecified atom stereocenters. The Morgan fingerprint density at radius 3 is 2.46 bits per heavy atom. The van der Waals surface area contributed by atoms with Crippen molar-refractivity contribution >= 4 is 41.6 Å². The molecule has 3 N–H and O–H groups in total. The zero-order valence-electron chi connectivity index (χ0n) is 22.2. The van der Waals surface area contributed by atoms with E-state index in [1.165, 1.54) is 11.1 Å². The molecular formula is C27H34ClN5O6. The number of carboxylic acid groups (broad SMARTS) is 1. The number of carboxylic acids is 1. The minimum Gasteiger partial charge on any atom is -0.481 e. The lowest BCUT2D eigenvalue weighted by Crippen LogP contribution is -2.56. The van der Waals surface area contributed by atoms with Crippen molar-refractivity contribution in [2.24, 2.45) is 5.92 Å². The normalized spacial score (nSPS) is 16.5. The van der Waals surface area contributed by atoms with Gasteiger partial charge in [-0.3, -0.25) is 19.2 Å². The summed E-state index contributed by atoms with van der Waals surface area (Å²) in [6.45, 7) is 5.89. The van der Waals surface area contributed by atoms with Crippen molar-refractivity contribution in [2.75, 3.05) is 6.54 Å². The molecule has 3 rings (SSSR count). The molecule has 0 aliphatic carbocycles. The van der Waals surface area contributed by atoms with Crippen LogP contribution in [0.4, 0.5) is 0 Å². The van der Waals surface area contributed by atoms with E-state index in [1.54, 1.807) is 42.8 Å². The highest BCUT2D eigenvalue weighted by Crippen LogP contribution is 2.22. The van der Waals surface area contributed by atoms with Gasteiger partial charge < -0.3 is 25.4 Å². The van der Waals surface area contributed by atoms with Crippen LogP contribution in [0.1, 0.15) is 62.5 Å². The van der Waals surface area contributed by atoms with E-state index in [0.29, 0.717) is 48.4 Å². The molecule has 210 valence electrons. The number of carbonyl (C=O) groups excluding carboxylic acids is 4. The van der Waals surface area contributed by atoms with E-state index in [0.717, 1.165) is 12.1 Å². The van der Waals surface area contributed by atoms with Gasteiger partial charge in [-0.15, -0.1) is 0 Å². The van der Waals surface area contributed by atoms with E-state index in [1.807, 2.05) is 6.92 Å². The average molecular weight is 560 g/mol. The first-order chi connectivity index (χ1) is 18.6. The maximum atomic E-state index is 13.6. The van der Waals surface area contributed by atoms with Crippen molar-refractivity contribution in [3.05, 3.63) is 46.7 Å². The van der Waals surface area contributed by atoms with Crippen molar-refractivity contribution in [1.82, 2.24) is 25.3 Å². The third kappa shape index (κ3) is 7.23. The predicted molar refractivity (Wildman–Crippen MR) is 144 cm³/mol. The van der Waals surface area contributed by atoms with Gasteiger partial charge in [0.25, 0.3) is 5.91 Å². The van der Waals surface area contributed by atoms with Gasteiger partial charge in [0.05, 0.1) is 35.6 Å². The van der Waals surface area contributed by atoms with Crippen LogP contribution in [0.5, 0.6) is 0 Å². The fourth-order valence-electron chi connectivity index (χ4n) is 4.66. The minimum atomic E-state index is -1.23. The number of hydrogen-bond acceptors (Lipinski definition) is 6. The average Bonchev–Trinajstić information content (AvgIpc) is 3.54. The summed E-state index contributed by atoms with van der Waals surface area (Å²) >= 11 is 6.01. The van der Waals surface area contributed by atoms with Crippen LogP contribution in [0.2, 0.25) is 5.02 Å². The van der Waals surface area contributed by atoms with Crippen molar-refractivity contribution in [3.63, 3.8) is 0 Å². The largest absolute Gasteiger partial charge is 0.481 e. The van der Waals surface area contributed by atoms with Gasteiger partial charge in [0.2, 0.25) is 11.8 Å². The molecule has 0 radical (unpaired) electrons. The molecule has 0 saturated carbocycles. The molecule has 1 aliphatic rings. The third-order valence-electron chi connectivity index (χ3n) is 6.62. The monoisotopic (exact) mass is 559 g/mol. The molecule has 1 aliphatic heterocycles. The van der Waals surface area contributed by atoms with E-state index in [2.05, 4.69) is 15.7 Å². The number of amides is 3. The van der Waals surface area contributed by atoms with E-state index in [-0.39, 0.29) is 5.92 Å². The SMILES string of the molecule is CCCc1c(C(=O)N[C@H](C(=O)N2CCC[C@H]2C(=O)N[C@H](C=O)CC(=O)O)C(C)C)cnn1-c1ccc(Cl)cc1. The van der Waals surface area contributed by atoms with E-state index >= 15 is 0 Å². The third-order valence-corrected chi connectivity index (χ3v) is 6.87. The molecule has 0 bridgehead atoms. The lowest BCUT2D eigenvalue weighted by atomic mass is 10.0. The number of nitrogens with one attached hydrogen (secondary N) is 2. The number of rotatable bonds is 12. The number of aliphatic carboxylic acids is 1. The summed E-state index contributed by atoms with van der Waals surface area (Å²) in [4.78, 5) is 63.5. The molecule has 3 atom stereocenters. The van der Waals surface area contributed by atoms with Crippen molar-refractivity contribution in [1.29, 1.82) is 0 Å². The van der Waals surface area contributed by atoms with Crippen molar-refractivity contribution < 1.29 is 29.1 Å². The van der Waals surface area contributed by atoms with Crippen LogP contribution in [-0.4, -0.2) is 74.4 Å². The van der Waals surface area contributed by atoms with Crippen LogP contribution in [0.15, 0.2) is 30.5 Å². The standard InChI is InChI=1S/C27H34ClN5O6/c1-4-6-21-20(14-29-33(21)19-10-8-17(28)9-11-19)25(37)31-24(16(2)3)27(39)32-12-5-7-22(32)26(38)30-18(15-34)13-23(35)36/h8-11,14-16,18,22,24H,4-7,12-13H2,1-3H3,(H,30,38)(H,31,37)(H,35,36)/t18-,22-,24-/m0/s1. The summed E-state index contributed by atoms with van der Waals surface area (Å²) in [6, 6.07) is 4.12. The lowest BCUT2D eigenvalue weighted by molar-refractivity contribution is -0.142. The molecule has 39 heavy (non-hydrogen) atoms. The fraction of sp³-hybridized carbons (Fsp3) is 0.481. The van der Waals surface area contributed by atoms with Crippen molar-refractivity contribution in [3.8, 4) is 5.69 Å². The Morgan fingerprint density at radius 1 is 1.18 bits per heavy atom. The molecular weight excluding hydrogens is 526 g/mol. The summed E-state index contributed by atoms with van der Waals surface area (Å²) in [7, 11) is 0. The van der Waals surface area contributed by atoms with Crippen LogP contribution < -0.4 is 10.6 Å². The lowest BCUT2D eigenvalue weighted by Gasteiger charge is -2.31. The highest BCUT2D eigenvalue weighted by atomic mass is 35.5. The Labute approximate surface area is 231 Å². The Kier molecular flexibility index (Phi) is 10.2. The van der Waals surface area contributed by atoms with Gasteiger partial charge in [-0.2, -0.15) is 5.10 Å². The van der Waals surface area contributed by atoms with Gasteiger partial charge in [-0.25, -0.2) is 4.68 Å². The number of hydrogen-bond donors (Lipinski definition) is 3. The Hall–Kier alpha value is -3.73. The Bertz CT molecular complexity index is 1210. The first-order valence-electron chi connectivity index (χ1n) is 13.0. The van der Waals surface area contributed by atoms with Gasteiger partial charge in [0.15, 0.2) is 0 Å². The zero-order valence-corrected chi connectivity index (χ0v) is 23.0. The van der Waals surface area contributed by atoms with Crippen LogP contribution in [0.25, 0.3) is 5.69 Å². The maximum Gasteiger partial charge on any atom is 0.305 e. The van der Waals surface area contributed by atoms with Crippen molar-refractivity contribution in [2.45, 2.75) is 71.0 Å². The Balaban J connectivity index is 1.80. The van der Waals surface area contributed by atoms with Crippen LogP contribution in [0.3, 0.4) is 0 Å². The highest BCUT2D eigenvalue weighted by Gasteiger charge is 2.39. The Morgan fingerprint density at radius 2 is 1.87 bits per heavy atom. The maximum absolute atomic E-state index is 13.6. The van der Waals surface area contributed by atoms with E-state index in [9.17, 15) is 24.0 Å². The number of carbonyl (C=O) groups is 5. The fourth-order valence-corrected chi connectivity index (χ4v) is 4.79. The molecule has 1 saturated heterocycles. The molecule has 1 aromatic carbocycles. The molecule has 2 aromatic rings. The number of likely N-dealkylation sites (tertiary alicyclic amines) is 1. The topological polar surface area (TPSA) is 151 Å². The quantitative estimate of drug-likeness (QED) is 0.338. The van der Waals surface area contributed by atoms with Crippen LogP contribution >= 0.6 is 11.6 Å². The van der Waals surface area contributed by atoms with Crippen LogP contribution in [0, 0.1) is 5.92 Å². The molecule has 3 amide bonds. The number of benzene rings is 1. The van der Waals surface area contributed by atoms with E-state index < -0.39 is 48.2 Å². The van der Waals surface area contributed by atoms with Gasteiger partial charge in [0.1, 0.15) is 18.4 Å². The second-order valence-electron chi connectivity index (χ2n) is 9.88. The molecule has 12 heteroatoms. The molecule has 11 nitrogen and oxygen atoms in total. The highest BCUT2D eigenvalue weighted by molar-refractivity contribution is 6.30. The first kappa shape index (κ1) is 29.8. The number of aldehydes is 1. The molecule has 0 spiro atoms. The summed E-state index contributed by atoms with van der Waals surface area (Å²) in [6.07, 6.45) is 3.55. The molecule has 2 heterocycles. The van der Waals surface area contributed by atoms with Gasteiger partial charge in [-0.1, -0.05) is 38.8 Å². The second kappa shape index (κ2) is 13.4. The predicted octanol–water partition coefficient (Wildman–Crippen LogP) is 2.38. The van der Waals surface area contributed by atoms with Crippen LogP contribution in [-0.2, 0) is 25.6 Å². The van der Waals surface area contributed by atoms with Gasteiger partial charge >= 0.3 is 5.97 Å². The molecule has 1 aromatic heterocycles. The number of halogens is 1. The minimum absolute atomic E-state index is 0.290. The molecule has 1 fully saturated rings. The summed E-state index contributed by atoms with van der Waals surface area (Å²) in [5, 5.41) is 19.2. The summed E-state index contributed by atoms with van der Waals surface area (Å²) in [5.74, 6) is -2.98. The number of nitrogens with zero attached hydrogens (tertiary/aromatic N) is 3. The number of aromatic nitrogens is 2. The summed E-state index contributed by atoms with van der Waals surface area (Å²) < 4.78 is 1.68. The van der Waals surface area contributed by atoms with E-state index in [4.69, 9.17) is 16.7 Å². The zero-order chi connectivity index (χ0) is 28.7. The smallest absolute Gasteiger partial charge is 0.305 e. The van der Waals surface area contributed by atoms with Gasteiger partial charge in [-0.05, 0) is 49.4 Å².